The first-order valence-corrected chi connectivity index (χ1v) is 10.3. The molecule has 2 N–H and O–H groups in total. The lowest BCUT2D eigenvalue weighted by atomic mass is 9.95. The van der Waals surface area contributed by atoms with E-state index in [2.05, 4.69) is 4.98 Å². The van der Waals surface area contributed by atoms with Gasteiger partial charge in [0.1, 0.15) is 17.3 Å². The largest absolute Gasteiger partial charge is 0.508 e. The number of nitrogens with zero attached hydrogens (tertiary/aromatic N) is 2. The second-order valence-corrected chi connectivity index (χ2v) is 8.31. The Hall–Kier alpha value is -3.65. The summed E-state index contributed by atoms with van der Waals surface area (Å²) >= 11 is 1.31. The molecule has 1 aromatic heterocycles. The van der Waals surface area contributed by atoms with E-state index in [1.54, 1.807) is 36.4 Å². The molecule has 2 heterocycles. The Morgan fingerprint density at radius 3 is 2.26 bits per heavy atom. The first-order valence-electron chi connectivity index (χ1n) is 9.50. The molecule has 4 rings (SSSR count). The Kier molecular flexibility index (Phi) is 5.24. The van der Waals surface area contributed by atoms with Gasteiger partial charge in [-0.15, -0.1) is 11.3 Å². The first kappa shape index (κ1) is 20.6. The van der Waals surface area contributed by atoms with Crippen LogP contribution in [0.25, 0.3) is 5.76 Å². The van der Waals surface area contributed by atoms with E-state index in [-0.39, 0.29) is 17.1 Å². The van der Waals surface area contributed by atoms with Crippen molar-refractivity contribution < 1.29 is 24.5 Å². The van der Waals surface area contributed by atoms with E-state index in [1.165, 1.54) is 35.5 Å². The van der Waals surface area contributed by atoms with Crippen molar-refractivity contribution >= 4 is 33.9 Å². The zero-order chi connectivity index (χ0) is 22.3. The predicted octanol–water partition coefficient (Wildman–Crippen LogP) is 4.10. The van der Waals surface area contributed by atoms with Crippen LogP contribution in [0.3, 0.4) is 0 Å². The van der Waals surface area contributed by atoms with Crippen molar-refractivity contribution in [2.24, 2.45) is 0 Å². The average Bonchev–Trinajstić information content (AvgIpc) is 3.23. The van der Waals surface area contributed by atoms with Crippen LogP contribution >= 0.6 is 11.3 Å². The van der Waals surface area contributed by atoms with Crippen molar-refractivity contribution in [3.05, 3.63) is 75.8 Å². The van der Waals surface area contributed by atoms with E-state index in [1.807, 2.05) is 13.8 Å². The minimum Gasteiger partial charge on any atom is -0.508 e. The van der Waals surface area contributed by atoms with Crippen molar-refractivity contribution in [3.63, 3.8) is 0 Å². The van der Waals surface area contributed by atoms with Crippen molar-refractivity contribution in [2.75, 3.05) is 12.0 Å². The fourth-order valence-corrected chi connectivity index (χ4v) is 4.40. The molecule has 0 bridgehead atoms. The highest BCUT2D eigenvalue weighted by molar-refractivity contribution is 7.16. The maximum Gasteiger partial charge on any atom is 0.301 e. The molecule has 2 aromatic carbocycles. The number of anilines is 1. The van der Waals surface area contributed by atoms with Crippen LogP contribution < -0.4 is 9.64 Å². The minimum absolute atomic E-state index is 0.0358. The Bertz CT molecular complexity index is 1180. The molecule has 1 saturated heterocycles. The molecule has 1 amide bonds. The summed E-state index contributed by atoms with van der Waals surface area (Å²) in [5.41, 5.74) is 1.68. The van der Waals surface area contributed by atoms with Crippen LogP contribution in [0, 0.1) is 13.8 Å². The summed E-state index contributed by atoms with van der Waals surface area (Å²) in [6, 6.07) is 11.9. The number of aromatic hydroxyl groups is 1. The number of phenolic OH excluding ortho intramolecular Hbond substituents is 1. The molecule has 0 unspecified atom stereocenters. The first-order chi connectivity index (χ1) is 14.8. The summed E-state index contributed by atoms with van der Waals surface area (Å²) in [7, 11) is 1.53. The fourth-order valence-electron chi connectivity index (χ4n) is 3.47. The summed E-state index contributed by atoms with van der Waals surface area (Å²) in [5.74, 6) is -1.19. The van der Waals surface area contributed by atoms with Gasteiger partial charge in [0, 0.05) is 10.4 Å². The number of aliphatic hydroxyl groups is 1. The number of rotatable bonds is 4. The molecular formula is C23H20N2O5S. The topological polar surface area (TPSA) is 100.0 Å². The van der Waals surface area contributed by atoms with Crippen molar-refractivity contribution in [2.45, 2.75) is 19.9 Å². The fraction of sp³-hybridized carbons (Fsp3) is 0.174. The standard InChI is InChI=1S/C23H20N2O5S/c1-12-13(2)31-23(24-12)25-19(14-4-8-16(26)9-5-14)18(21(28)22(25)29)20(27)15-6-10-17(30-3)11-7-15/h4-11,19,26-27H,1-3H3/t19-/m0/s1. The van der Waals surface area contributed by atoms with Gasteiger partial charge in [-0.05, 0) is 55.8 Å². The third-order valence-corrected chi connectivity index (χ3v) is 6.31. The third kappa shape index (κ3) is 3.55. The van der Waals surface area contributed by atoms with Gasteiger partial charge in [-0.25, -0.2) is 4.98 Å². The van der Waals surface area contributed by atoms with Crippen LogP contribution in [-0.2, 0) is 9.59 Å². The van der Waals surface area contributed by atoms with Crippen LogP contribution in [0.15, 0.2) is 54.1 Å². The smallest absolute Gasteiger partial charge is 0.301 e. The van der Waals surface area contributed by atoms with Gasteiger partial charge in [0.05, 0.1) is 24.4 Å². The van der Waals surface area contributed by atoms with E-state index in [0.29, 0.717) is 22.0 Å². The third-order valence-electron chi connectivity index (χ3n) is 5.24. The number of amides is 1. The van der Waals surface area contributed by atoms with Gasteiger partial charge in [-0.2, -0.15) is 0 Å². The summed E-state index contributed by atoms with van der Waals surface area (Å²) in [4.78, 5) is 32.8. The van der Waals surface area contributed by atoms with Gasteiger partial charge < -0.3 is 14.9 Å². The molecule has 1 aliphatic rings. The summed E-state index contributed by atoms with van der Waals surface area (Å²) in [6.07, 6.45) is 0. The van der Waals surface area contributed by atoms with Gasteiger partial charge in [-0.3, -0.25) is 14.5 Å². The molecule has 158 valence electrons. The number of aliphatic hydroxyl groups excluding tert-OH is 1. The van der Waals surface area contributed by atoms with E-state index < -0.39 is 17.7 Å². The van der Waals surface area contributed by atoms with Gasteiger partial charge in [0.15, 0.2) is 5.13 Å². The van der Waals surface area contributed by atoms with E-state index >= 15 is 0 Å². The Balaban J connectivity index is 1.92. The summed E-state index contributed by atoms with van der Waals surface area (Å²) < 4.78 is 5.15. The molecular weight excluding hydrogens is 416 g/mol. The molecule has 1 atom stereocenters. The van der Waals surface area contributed by atoms with Gasteiger partial charge >= 0.3 is 5.91 Å². The quantitative estimate of drug-likeness (QED) is 0.363. The predicted molar refractivity (Wildman–Crippen MR) is 117 cm³/mol. The summed E-state index contributed by atoms with van der Waals surface area (Å²) in [5, 5.41) is 21.1. The Morgan fingerprint density at radius 2 is 1.71 bits per heavy atom. The SMILES string of the molecule is COc1ccc(C(O)=C2C(=O)C(=O)N(c3nc(C)c(C)s3)[C@H]2c2ccc(O)cc2)cc1. The van der Waals surface area contributed by atoms with E-state index in [9.17, 15) is 19.8 Å². The van der Waals surface area contributed by atoms with Gasteiger partial charge in [0.25, 0.3) is 5.78 Å². The highest BCUT2D eigenvalue weighted by Gasteiger charge is 2.48. The van der Waals surface area contributed by atoms with Crippen LogP contribution in [0.2, 0.25) is 0 Å². The molecule has 7 nitrogen and oxygen atoms in total. The molecule has 1 fully saturated rings. The maximum atomic E-state index is 13.1. The maximum absolute atomic E-state index is 13.1. The lowest BCUT2D eigenvalue weighted by Crippen LogP contribution is -2.29. The van der Waals surface area contributed by atoms with E-state index in [4.69, 9.17) is 4.74 Å². The molecule has 0 aliphatic carbocycles. The van der Waals surface area contributed by atoms with E-state index in [0.717, 1.165) is 10.6 Å². The zero-order valence-corrected chi connectivity index (χ0v) is 17.9. The molecule has 0 spiro atoms. The van der Waals surface area contributed by atoms with Crippen LogP contribution in [-0.4, -0.2) is 34.0 Å². The highest BCUT2D eigenvalue weighted by atomic mass is 32.1. The Labute approximate surface area is 182 Å². The number of phenols is 1. The monoisotopic (exact) mass is 436 g/mol. The normalized spacial score (nSPS) is 17.9. The molecule has 3 aromatic rings. The van der Waals surface area contributed by atoms with Crippen molar-refractivity contribution in [3.8, 4) is 11.5 Å². The average molecular weight is 436 g/mol. The second kappa shape index (κ2) is 7.88. The number of ether oxygens (including phenoxy) is 1. The molecule has 8 heteroatoms. The van der Waals surface area contributed by atoms with Crippen LogP contribution in [0.5, 0.6) is 11.5 Å². The number of hydrogen-bond donors (Lipinski definition) is 2. The van der Waals surface area contributed by atoms with Crippen LogP contribution in [0.1, 0.15) is 27.7 Å². The number of methoxy groups -OCH3 is 1. The zero-order valence-electron chi connectivity index (χ0n) is 17.1. The van der Waals surface area contributed by atoms with Gasteiger partial charge in [0.2, 0.25) is 0 Å². The van der Waals surface area contributed by atoms with Crippen LogP contribution in [0.4, 0.5) is 5.13 Å². The summed E-state index contributed by atoms with van der Waals surface area (Å²) in [6.45, 7) is 3.72. The number of Topliss-reactive ketones (excluding diaryl/α,β-unsaturated/α-hetero) is 1. The van der Waals surface area contributed by atoms with Gasteiger partial charge in [-0.1, -0.05) is 12.1 Å². The number of carbonyl (C=O) groups is 2. The minimum atomic E-state index is -0.882. The number of aryl methyl sites for hydroxylation is 2. The molecule has 31 heavy (non-hydrogen) atoms. The Morgan fingerprint density at radius 1 is 1.06 bits per heavy atom. The van der Waals surface area contributed by atoms with Crippen molar-refractivity contribution in [1.82, 2.24) is 4.98 Å². The number of ketones is 1. The lowest BCUT2D eigenvalue weighted by molar-refractivity contribution is -0.132. The molecule has 0 saturated carbocycles. The number of hydrogen-bond acceptors (Lipinski definition) is 7. The second-order valence-electron chi connectivity index (χ2n) is 7.13. The molecule has 1 aliphatic heterocycles. The highest BCUT2D eigenvalue weighted by Crippen LogP contribution is 2.44. The molecule has 0 radical (unpaired) electrons. The number of thiazole rings is 1. The number of carbonyl (C=O) groups excluding carboxylic acids is 2. The number of benzene rings is 2. The van der Waals surface area contributed by atoms with Crippen molar-refractivity contribution in [1.29, 1.82) is 0 Å². The lowest BCUT2D eigenvalue weighted by Gasteiger charge is -2.23. The number of aromatic nitrogens is 1.